The van der Waals surface area contributed by atoms with Gasteiger partial charge in [0.25, 0.3) is 0 Å². The number of ether oxygens (including phenoxy) is 1. The Labute approximate surface area is 146 Å². The highest BCUT2D eigenvalue weighted by Gasteiger charge is 2.62. The summed E-state index contributed by atoms with van der Waals surface area (Å²) in [7, 11) is 0. The van der Waals surface area contributed by atoms with Crippen LogP contribution in [0.4, 0.5) is 0 Å². The summed E-state index contributed by atoms with van der Waals surface area (Å²) in [5, 5.41) is 4.62. The van der Waals surface area contributed by atoms with E-state index in [-0.39, 0.29) is 23.9 Å². The summed E-state index contributed by atoms with van der Waals surface area (Å²) < 4.78 is 11.2. The van der Waals surface area contributed by atoms with Crippen molar-refractivity contribution in [3.8, 4) is 11.4 Å². The Morgan fingerprint density at radius 2 is 2.09 bits per heavy atom. The molecule has 2 atom stereocenters. The van der Waals surface area contributed by atoms with Gasteiger partial charge in [-0.15, -0.1) is 12.4 Å². The quantitative estimate of drug-likeness (QED) is 0.900. The normalized spacial score (nSPS) is 25.5. The highest BCUT2D eigenvalue weighted by atomic mass is 35.5. The Hall–Kier alpha value is -1.14. The first-order chi connectivity index (χ1) is 10.4. The molecule has 0 radical (unpaired) electrons. The second-order valence-electron chi connectivity index (χ2n) is 6.24. The van der Waals surface area contributed by atoms with Gasteiger partial charge in [0.05, 0.1) is 11.1 Å². The van der Waals surface area contributed by atoms with E-state index in [2.05, 4.69) is 24.0 Å². The molecule has 1 aromatic carbocycles. The zero-order valence-electron chi connectivity index (χ0n) is 13.4. The zero-order valence-corrected chi connectivity index (χ0v) is 14.9. The topological polar surface area (TPSA) is 74.2 Å². The third kappa shape index (κ3) is 2.76. The van der Waals surface area contributed by atoms with E-state index in [1.165, 1.54) is 0 Å². The van der Waals surface area contributed by atoms with Crippen LogP contribution in [-0.2, 0) is 10.3 Å². The van der Waals surface area contributed by atoms with Crippen LogP contribution in [0.3, 0.4) is 0 Å². The van der Waals surface area contributed by atoms with Crippen LogP contribution in [0.1, 0.15) is 33.1 Å². The average molecular weight is 358 g/mol. The summed E-state index contributed by atoms with van der Waals surface area (Å²) in [5.41, 5.74) is 6.33. The highest BCUT2D eigenvalue weighted by molar-refractivity contribution is 6.33. The van der Waals surface area contributed by atoms with Gasteiger partial charge in [0.15, 0.2) is 0 Å². The van der Waals surface area contributed by atoms with Gasteiger partial charge in [-0.3, -0.25) is 0 Å². The first kappa shape index (κ1) is 18.2. The molecule has 0 spiro atoms. The summed E-state index contributed by atoms with van der Waals surface area (Å²) in [6.07, 6.45) is 0.760. The van der Waals surface area contributed by atoms with Crippen molar-refractivity contribution in [2.24, 2.45) is 11.1 Å². The van der Waals surface area contributed by atoms with Crippen molar-refractivity contribution >= 4 is 24.0 Å². The van der Waals surface area contributed by atoms with Crippen molar-refractivity contribution in [3.05, 3.63) is 35.2 Å². The van der Waals surface area contributed by atoms with Gasteiger partial charge < -0.3 is 15.0 Å². The van der Waals surface area contributed by atoms with Gasteiger partial charge in [0.1, 0.15) is 5.54 Å². The summed E-state index contributed by atoms with van der Waals surface area (Å²) in [6, 6.07) is 7.39. The molecular weight excluding hydrogens is 337 g/mol. The van der Waals surface area contributed by atoms with E-state index in [1.54, 1.807) is 6.07 Å². The third-order valence-corrected chi connectivity index (χ3v) is 5.08. The summed E-state index contributed by atoms with van der Waals surface area (Å²) in [5.74, 6) is 0.893. The van der Waals surface area contributed by atoms with Crippen LogP contribution in [0.25, 0.3) is 11.4 Å². The molecule has 1 heterocycles. The van der Waals surface area contributed by atoms with E-state index in [0.717, 1.165) is 5.56 Å². The molecule has 0 amide bonds. The Morgan fingerprint density at radius 1 is 1.39 bits per heavy atom. The lowest BCUT2D eigenvalue weighted by Gasteiger charge is -2.56. The molecule has 1 aromatic heterocycles. The molecule has 1 fully saturated rings. The molecule has 126 valence electrons. The van der Waals surface area contributed by atoms with Crippen LogP contribution in [0.2, 0.25) is 5.02 Å². The predicted octanol–water partition coefficient (Wildman–Crippen LogP) is 3.80. The van der Waals surface area contributed by atoms with Crippen molar-refractivity contribution < 1.29 is 9.26 Å². The van der Waals surface area contributed by atoms with Gasteiger partial charge in [-0.2, -0.15) is 4.98 Å². The van der Waals surface area contributed by atoms with Crippen LogP contribution in [-0.4, -0.2) is 22.9 Å². The van der Waals surface area contributed by atoms with Crippen molar-refractivity contribution in [1.29, 1.82) is 0 Å². The third-order valence-electron chi connectivity index (χ3n) is 4.75. The van der Waals surface area contributed by atoms with Crippen LogP contribution >= 0.6 is 24.0 Å². The number of hydrogen-bond donors (Lipinski definition) is 1. The van der Waals surface area contributed by atoms with E-state index in [4.69, 9.17) is 26.6 Å². The first-order valence-electron chi connectivity index (χ1n) is 7.39. The average Bonchev–Trinajstić information content (AvgIpc) is 2.97. The lowest BCUT2D eigenvalue weighted by molar-refractivity contribution is -0.162. The highest BCUT2D eigenvalue weighted by Crippen LogP contribution is 2.55. The van der Waals surface area contributed by atoms with Crippen molar-refractivity contribution in [1.82, 2.24) is 10.1 Å². The van der Waals surface area contributed by atoms with E-state index in [0.29, 0.717) is 29.8 Å². The van der Waals surface area contributed by atoms with Crippen molar-refractivity contribution in [3.63, 3.8) is 0 Å². The standard InChI is InChI=1S/C16H20ClN3O2.ClH/c1-4-21-12-9-16(18,15(12,2)3)14-19-13(20-22-14)10-7-5-6-8-11(10)17;/h5-8,12H,4,9,18H2,1-3H3;1H. The maximum atomic E-state index is 6.54. The minimum atomic E-state index is -0.681. The fourth-order valence-electron chi connectivity index (χ4n) is 2.95. The van der Waals surface area contributed by atoms with Gasteiger partial charge >= 0.3 is 0 Å². The fraction of sp³-hybridized carbons (Fsp3) is 0.500. The maximum absolute atomic E-state index is 6.54. The summed E-state index contributed by atoms with van der Waals surface area (Å²) in [6.45, 7) is 6.78. The van der Waals surface area contributed by atoms with Crippen LogP contribution in [0.5, 0.6) is 0 Å². The Kier molecular flexibility index (Phi) is 5.06. The van der Waals surface area contributed by atoms with E-state index >= 15 is 0 Å². The SMILES string of the molecule is CCOC1CC(N)(c2nc(-c3ccccc3Cl)no2)C1(C)C.Cl. The number of rotatable bonds is 4. The van der Waals surface area contributed by atoms with Crippen molar-refractivity contribution in [2.45, 2.75) is 38.8 Å². The Bertz CT molecular complexity index is 689. The second-order valence-corrected chi connectivity index (χ2v) is 6.65. The van der Waals surface area contributed by atoms with Gasteiger partial charge in [-0.05, 0) is 19.1 Å². The molecule has 2 unspecified atom stereocenters. The van der Waals surface area contributed by atoms with E-state index < -0.39 is 5.54 Å². The first-order valence-corrected chi connectivity index (χ1v) is 7.77. The molecule has 7 heteroatoms. The Balaban J connectivity index is 0.00000192. The largest absolute Gasteiger partial charge is 0.378 e. The number of nitrogens with zero attached hydrogens (tertiary/aromatic N) is 2. The summed E-state index contributed by atoms with van der Waals surface area (Å²) >= 11 is 6.18. The van der Waals surface area contributed by atoms with Crippen LogP contribution in [0, 0.1) is 5.41 Å². The minimum absolute atomic E-state index is 0. The number of hydrogen-bond acceptors (Lipinski definition) is 5. The molecule has 0 bridgehead atoms. The second kappa shape index (κ2) is 6.40. The van der Waals surface area contributed by atoms with Crippen LogP contribution in [0.15, 0.2) is 28.8 Å². The van der Waals surface area contributed by atoms with Gasteiger partial charge in [-0.25, -0.2) is 0 Å². The molecule has 0 saturated heterocycles. The lowest BCUT2D eigenvalue weighted by Crippen LogP contribution is -2.67. The van der Waals surface area contributed by atoms with Gasteiger partial charge in [-0.1, -0.05) is 42.7 Å². The maximum Gasteiger partial charge on any atom is 0.247 e. The van der Waals surface area contributed by atoms with Gasteiger partial charge in [0, 0.05) is 24.0 Å². The number of nitrogens with two attached hydrogens (primary N) is 1. The molecule has 23 heavy (non-hydrogen) atoms. The molecule has 5 nitrogen and oxygen atoms in total. The lowest BCUT2D eigenvalue weighted by atomic mass is 9.54. The Morgan fingerprint density at radius 3 is 2.70 bits per heavy atom. The van der Waals surface area contributed by atoms with E-state index in [1.807, 2.05) is 25.1 Å². The van der Waals surface area contributed by atoms with E-state index in [9.17, 15) is 0 Å². The minimum Gasteiger partial charge on any atom is -0.378 e. The molecule has 1 saturated carbocycles. The molecular formula is C16H21Cl2N3O2. The molecule has 2 N–H and O–H groups in total. The van der Waals surface area contributed by atoms with Crippen LogP contribution < -0.4 is 5.73 Å². The molecule has 1 aliphatic carbocycles. The predicted molar refractivity (Wildman–Crippen MR) is 91.7 cm³/mol. The molecule has 3 rings (SSSR count). The number of aromatic nitrogens is 2. The van der Waals surface area contributed by atoms with Gasteiger partial charge in [0.2, 0.25) is 11.7 Å². The monoisotopic (exact) mass is 357 g/mol. The smallest absolute Gasteiger partial charge is 0.247 e. The van der Waals surface area contributed by atoms with Crippen molar-refractivity contribution in [2.75, 3.05) is 6.61 Å². The number of benzene rings is 1. The zero-order chi connectivity index (χ0) is 16.0. The number of halogens is 2. The molecule has 1 aliphatic rings. The molecule has 2 aromatic rings. The molecule has 0 aliphatic heterocycles. The summed E-state index contributed by atoms with van der Waals surface area (Å²) in [4.78, 5) is 4.48. The fourth-order valence-corrected chi connectivity index (χ4v) is 3.18.